The molecule has 162 valence electrons. The molecule has 4 rings (SSSR count). The van der Waals surface area contributed by atoms with Crippen molar-refractivity contribution in [2.45, 2.75) is 13.0 Å². The van der Waals surface area contributed by atoms with Crippen LogP contribution in [0, 0.1) is 0 Å². The lowest BCUT2D eigenvalue weighted by Crippen LogP contribution is -2.27. The van der Waals surface area contributed by atoms with Gasteiger partial charge >= 0.3 is 0 Å². The number of carbonyl (C=O) groups excluding carboxylic acids is 1. The molecule has 32 heavy (non-hydrogen) atoms. The highest BCUT2D eigenvalue weighted by atomic mass is 35.5. The summed E-state index contributed by atoms with van der Waals surface area (Å²) in [6.45, 7) is 1.92. The van der Waals surface area contributed by atoms with Crippen LogP contribution in [-0.2, 0) is 0 Å². The van der Waals surface area contributed by atoms with E-state index in [-0.39, 0.29) is 11.9 Å². The quantitative estimate of drug-likeness (QED) is 0.425. The Hall–Kier alpha value is -3.64. The Labute approximate surface area is 191 Å². The van der Waals surface area contributed by atoms with Crippen molar-refractivity contribution in [2.75, 3.05) is 14.2 Å². The molecule has 2 aromatic carbocycles. The topological polar surface area (TPSA) is 73.3 Å². The molecule has 1 N–H and O–H groups in total. The van der Waals surface area contributed by atoms with E-state index in [1.807, 2.05) is 43.3 Å². The Morgan fingerprint density at radius 2 is 1.72 bits per heavy atom. The molecule has 6 nitrogen and oxygen atoms in total. The predicted octanol–water partition coefficient (Wildman–Crippen LogP) is 5.46. The first kappa shape index (κ1) is 21.6. The van der Waals surface area contributed by atoms with Gasteiger partial charge in [-0.15, -0.1) is 0 Å². The van der Waals surface area contributed by atoms with Gasteiger partial charge in [0.05, 0.1) is 37.0 Å². The van der Waals surface area contributed by atoms with Crippen molar-refractivity contribution < 1.29 is 14.3 Å². The summed E-state index contributed by atoms with van der Waals surface area (Å²) in [7, 11) is 3.17. The Balaban J connectivity index is 1.72. The van der Waals surface area contributed by atoms with Gasteiger partial charge in [-0.25, -0.2) is 4.98 Å². The predicted molar refractivity (Wildman–Crippen MR) is 125 cm³/mol. The van der Waals surface area contributed by atoms with Crippen molar-refractivity contribution in [3.8, 4) is 22.8 Å². The Morgan fingerprint density at radius 1 is 0.969 bits per heavy atom. The average molecular weight is 448 g/mol. The van der Waals surface area contributed by atoms with Gasteiger partial charge < -0.3 is 14.8 Å². The fourth-order valence-corrected chi connectivity index (χ4v) is 3.71. The van der Waals surface area contributed by atoms with Gasteiger partial charge in [-0.1, -0.05) is 17.7 Å². The molecule has 0 fully saturated rings. The number of hydrogen-bond acceptors (Lipinski definition) is 5. The van der Waals surface area contributed by atoms with Crippen molar-refractivity contribution in [3.05, 3.63) is 83.1 Å². The van der Waals surface area contributed by atoms with Crippen LogP contribution in [0.25, 0.3) is 22.2 Å². The molecule has 0 radical (unpaired) electrons. The number of fused-ring (bicyclic) bond motifs is 1. The van der Waals surface area contributed by atoms with Gasteiger partial charge in [-0.05, 0) is 61.0 Å². The molecule has 0 saturated heterocycles. The minimum Gasteiger partial charge on any atom is -0.493 e. The van der Waals surface area contributed by atoms with Gasteiger partial charge in [-0.2, -0.15) is 0 Å². The first-order valence-electron chi connectivity index (χ1n) is 10.0. The number of carbonyl (C=O) groups is 1. The minimum absolute atomic E-state index is 0.225. The maximum Gasteiger partial charge on any atom is 0.252 e. The third-order valence-corrected chi connectivity index (χ3v) is 5.48. The highest BCUT2D eigenvalue weighted by molar-refractivity contribution is 6.31. The molecular formula is C25H22ClN3O3. The van der Waals surface area contributed by atoms with Crippen LogP contribution < -0.4 is 14.8 Å². The second kappa shape index (κ2) is 9.24. The summed E-state index contributed by atoms with van der Waals surface area (Å²) in [5, 5.41) is 4.30. The molecule has 0 bridgehead atoms. The fourth-order valence-electron chi connectivity index (χ4n) is 3.54. The van der Waals surface area contributed by atoms with Crippen molar-refractivity contribution in [2.24, 2.45) is 0 Å². The zero-order valence-corrected chi connectivity index (χ0v) is 18.7. The third kappa shape index (κ3) is 4.36. The molecule has 7 heteroatoms. The van der Waals surface area contributed by atoms with Crippen molar-refractivity contribution in [1.29, 1.82) is 0 Å². The van der Waals surface area contributed by atoms with Gasteiger partial charge in [0.1, 0.15) is 0 Å². The lowest BCUT2D eigenvalue weighted by Gasteiger charge is -2.18. The molecule has 2 aromatic heterocycles. The van der Waals surface area contributed by atoms with Gasteiger partial charge in [0, 0.05) is 28.4 Å². The number of ether oxygens (including phenoxy) is 2. The molecule has 0 aliphatic heterocycles. The molecule has 0 aliphatic rings. The first-order chi connectivity index (χ1) is 15.5. The summed E-state index contributed by atoms with van der Waals surface area (Å²) < 4.78 is 10.7. The van der Waals surface area contributed by atoms with Gasteiger partial charge in [-0.3, -0.25) is 9.78 Å². The van der Waals surface area contributed by atoms with Gasteiger partial charge in [0.15, 0.2) is 11.5 Å². The molecular weight excluding hydrogens is 426 g/mol. The Kier molecular flexibility index (Phi) is 6.23. The molecule has 0 saturated carbocycles. The molecule has 0 spiro atoms. The van der Waals surface area contributed by atoms with Crippen LogP contribution in [0.15, 0.2) is 67.0 Å². The summed E-state index contributed by atoms with van der Waals surface area (Å²) in [6.07, 6.45) is 3.39. The number of nitrogens with zero attached hydrogens (tertiary/aromatic N) is 2. The zero-order valence-electron chi connectivity index (χ0n) is 17.9. The SMILES string of the molecule is COc1ccc(C(C)NC(=O)c2cc(-c3ccncc3)nc3ccc(Cl)cc23)cc1OC. The van der Waals surface area contributed by atoms with Crippen LogP contribution in [0.4, 0.5) is 0 Å². The number of methoxy groups -OCH3 is 2. The van der Waals surface area contributed by atoms with Crippen LogP contribution >= 0.6 is 11.6 Å². The van der Waals surface area contributed by atoms with Crippen LogP contribution in [0.3, 0.4) is 0 Å². The van der Waals surface area contributed by atoms with Gasteiger partial charge in [0.25, 0.3) is 5.91 Å². The number of benzene rings is 2. The van der Waals surface area contributed by atoms with Crippen LogP contribution in [0.5, 0.6) is 11.5 Å². The molecule has 2 heterocycles. The monoisotopic (exact) mass is 447 g/mol. The summed E-state index contributed by atoms with van der Waals surface area (Å²) in [5.74, 6) is 1.01. The molecule has 4 aromatic rings. The second-order valence-electron chi connectivity index (χ2n) is 7.26. The van der Waals surface area contributed by atoms with E-state index in [1.165, 1.54) is 0 Å². The van der Waals surface area contributed by atoms with Crippen LogP contribution in [0.1, 0.15) is 28.9 Å². The number of halogens is 1. The van der Waals surface area contributed by atoms with E-state index in [9.17, 15) is 4.79 Å². The number of amides is 1. The summed E-state index contributed by atoms with van der Waals surface area (Å²) >= 11 is 6.22. The number of hydrogen-bond donors (Lipinski definition) is 1. The van der Waals surface area contributed by atoms with E-state index in [2.05, 4.69) is 10.3 Å². The number of nitrogens with one attached hydrogen (secondary N) is 1. The minimum atomic E-state index is -0.269. The van der Waals surface area contributed by atoms with E-state index in [1.54, 1.807) is 44.8 Å². The summed E-state index contributed by atoms with van der Waals surface area (Å²) in [4.78, 5) is 22.1. The number of aromatic nitrogens is 2. The van der Waals surface area contributed by atoms with Crippen molar-refractivity contribution in [3.63, 3.8) is 0 Å². The smallest absolute Gasteiger partial charge is 0.252 e. The van der Waals surface area contributed by atoms with E-state index < -0.39 is 0 Å². The second-order valence-corrected chi connectivity index (χ2v) is 7.70. The lowest BCUT2D eigenvalue weighted by atomic mass is 10.0. The Bertz CT molecular complexity index is 1280. The normalized spacial score (nSPS) is 11.8. The number of rotatable bonds is 6. The maximum atomic E-state index is 13.4. The third-order valence-electron chi connectivity index (χ3n) is 5.25. The fraction of sp³-hybridized carbons (Fsp3) is 0.160. The highest BCUT2D eigenvalue weighted by Gasteiger charge is 2.18. The molecule has 1 unspecified atom stereocenters. The molecule has 0 aliphatic carbocycles. The number of pyridine rings is 2. The van der Waals surface area contributed by atoms with E-state index in [4.69, 9.17) is 26.1 Å². The largest absolute Gasteiger partial charge is 0.493 e. The average Bonchev–Trinajstić information content (AvgIpc) is 2.83. The lowest BCUT2D eigenvalue weighted by molar-refractivity contribution is 0.0941. The van der Waals surface area contributed by atoms with Crippen LogP contribution in [-0.4, -0.2) is 30.1 Å². The summed E-state index contributed by atoms with van der Waals surface area (Å²) in [5.41, 5.74) is 3.64. The zero-order chi connectivity index (χ0) is 22.7. The van der Waals surface area contributed by atoms with Crippen molar-refractivity contribution >= 4 is 28.4 Å². The maximum absolute atomic E-state index is 13.4. The Morgan fingerprint density at radius 3 is 2.44 bits per heavy atom. The van der Waals surface area contributed by atoms with E-state index in [0.717, 1.165) is 11.1 Å². The van der Waals surface area contributed by atoms with E-state index in [0.29, 0.717) is 38.7 Å². The highest BCUT2D eigenvalue weighted by Crippen LogP contribution is 2.31. The first-order valence-corrected chi connectivity index (χ1v) is 10.4. The van der Waals surface area contributed by atoms with Crippen molar-refractivity contribution in [1.82, 2.24) is 15.3 Å². The molecule has 1 atom stereocenters. The van der Waals surface area contributed by atoms with Crippen LogP contribution in [0.2, 0.25) is 5.02 Å². The van der Waals surface area contributed by atoms with E-state index >= 15 is 0 Å². The summed E-state index contributed by atoms with van der Waals surface area (Å²) in [6, 6.07) is 16.1. The molecule has 1 amide bonds. The standard InChI is InChI=1S/C25H22ClN3O3/c1-15(17-4-7-23(31-2)24(12-17)32-3)28-25(30)20-14-22(16-8-10-27-11-9-16)29-21-6-5-18(26)13-19(20)21/h4-15H,1-3H3,(H,28,30). The van der Waals surface area contributed by atoms with Gasteiger partial charge in [0.2, 0.25) is 0 Å².